The van der Waals surface area contributed by atoms with Crippen LogP contribution in [-0.4, -0.2) is 37.6 Å². The van der Waals surface area contributed by atoms with Crippen molar-refractivity contribution in [2.45, 2.75) is 44.6 Å². The molecule has 140 valence electrons. The first-order valence-corrected chi connectivity index (χ1v) is 9.65. The van der Waals surface area contributed by atoms with E-state index in [4.69, 9.17) is 0 Å². The number of fused-ring (bicyclic) bond motifs is 5. The van der Waals surface area contributed by atoms with Gasteiger partial charge in [0, 0.05) is 42.7 Å². The molecular weight excluding hydrogens is 343 g/mol. The third kappa shape index (κ3) is 2.75. The van der Waals surface area contributed by atoms with Crippen molar-refractivity contribution in [1.29, 1.82) is 0 Å². The molecule has 0 aliphatic carbocycles. The maximum absolute atomic E-state index is 13.3. The van der Waals surface area contributed by atoms with E-state index >= 15 is 0 Å². The Balaban J connectivity index is 1.64. The van der Waals surface area contributed by atoms with Crippen LogP contribution < -0.4 is 0 Å². The molecule has 2 aliphatic rings. The molecule has 2 aliphatic heterocycles. The molecule has 5 heterocycles. The van der Waals surface area contributed by atoms with Crippen molar-refractivity contribution in [2.75, 3.05) is 13.1 Å². The highest BCUT2D eigenvalue weighted by atomic mass is 19.1. The highest BCUT2D eigenvalue weighted by molar-refractivity contribution is 5.83. The van der Waals surface area contributed by atoms with Crippen molar-refractivity contribution in [3.63, 3.8) is 0 Å². The number of hydrogen-bond donors (Lipinski definition) is 1. The Morgan fingerprint density at radius 3 is 2.85 bits per heavy atom. The summed E-state index contributed by atoms with van der Waals surface area (Å²) in [5, 5.41) is 10.8. The topological polar surface area (TPSA) is 54.2 Å². The summed E-state index contributed by atoms with van der Waals surface area (Å²) in [5.74, 6) is 0. The van der Waals surface area contributed by atoms with E-state index in [0.29, 0.717) is 18.3 Å². The summed E-state index contributed by atoms with van der Waals surface area (Å²) in [6.07, 6.45) is 6.05. The molecule has 27 heavy (non-hydrogen) atoms. The zero-order valence-corrected chi connectivity index (χ0v) is 15.2. The Kier molecular flexibility index (Phi) is 4.17. The molecule has 1 saturated heterocycles. The molecule has 0 radical (unpaired) electrons. The van der Waals surface area contributed by atoms with E-state index < -0.39 is 12.8 Å². The third-order valence-electron chi connectivity index (χ3n) is 6.03. The molecule has 5 nitrogen and oxygen atoms in total. The molecule has 0 amide bonds. The first-order chi connectivity index (χ1) is 13.3. The minimum atomic E-state index is -0.616. The van der Waals surface area contributed by atoms with Gasteiger partial charge in [0.1, 0.15) is 6.67 Å². The van der Waals surface area contributed by atoms with Crippen LogP contribution in [0.25, 0.3) is 11.0 Å². The lowest BCUT2D eigenvalue weighted by molar-refractivity contribution is 0.155. The maximum Gasteiger partial charge on any atom is 0.131 e. The molecule has 2 unspecified atom stereocenters. The molecule has 0 spiro atoms. The van der Waals surface area contributed by atoms with E-state index in [1.165, 1.54) is 17.7 Å². The lowest BCUT2D eigenvalue weighted by Gasteiger charge is -2.31. The summed E-state index contributed by atoms with van der Waals surface area (Å²) in [6, 6.07) is 7.80. The number of hydrogen-bond acceptors (Lipinski definition) is 4. The molecular formula is C21H23FN4O. The van der Waals surface area contributed by atoms with E-state index in [1.807, 2.05) is 18.2 Å². The molecule has 1 N–H and O–H groups in total. The van der Waals surface area contributed by atoms with Crippen molar-refractivity contribution in [1.82, 2.24) is 19.4 Å². The van der Waals surface area contributed by atoms with Gasteiger partial charge >= 0.3 is 0 Å². The summed E-state index contributed by atoms with van der Waals surface area (Å²) in [7, 11) is 0. The monoisotopic (exact) mass is 366 g/mol. The second-order valence-corrected chi connectivity index (χ2v) is 7.52. The highest BCUT2D eigenvalue weighted by Gasteiger charge is 2.36. The maximum atomic E-state index is 13.3. The predicted octanol–water partition coefficient (Wildman–Crippen LogP) is 3.33. The van der Waals surface area contributed by atoms with Gasteiger partial charge in [-0.2, -0.15) is 0 Å². The van der Waals surface area contributed by atoms with Crippen LogP contribution in [0.1, 0.15) is 47.5 Å². The first-order valence-electron chi connectivity index (χ1n) is 9.65. The smallest absolute Gasteiger partial charge is 0.131 e. The fourth-order valence-corrected chi connectivity index (χ4v) is 4.77. The van der Waals surface area contributed by atoms with Crippen LogP contribution in [0.15, 0.2) is 36.7 Å². The molecule has 0 saturated carbocycles. The van der Waals surface area contributed by atoms with E-state index in [9.17, 15) is 9.50 Å². The molecule has 2 atom stereocenters. The minimum absolute atomic E-state index is 0.373. The Morgan fingerprint density at radius 2 is 2.04 bits per heavy atom. The van der Waals surface area contributed by atoms with E-state index in [0.717, 1.165) is 42.5 Å². The van der Waals surface area contributed by atoms with Crippen LogP contribution in [0.4, 0.5) is 4.39 Å². The van der Waals surface area contributed by atoms with Crippen LogP contribution in [0.3, 0.4) is 0 Å². The number of aliphatic hydroxyl groups excluding tert-OH is 1. The van der Waals surface area contributed by atoms with Gasteiger partial charge in [-0.05, 0) is 49.2 Å². The summed E-state index contributed by atoms with van der Waals surface area (Å²) in [6.45, 7) is 2.08. The molecule has 3 aromatic heterocycles. The fourth-order valence-electron chi connectivity index (χ4n) is 4.77. The van der Waals surface area contributed by atoms with Crippen LogP contribution >= 0.6 is 0 Å². The second-order valence-electron chi connectivity index (χ2n) is 7.52. The lowest BCUT2D eigenvalue weighted by atomic mass is 9.98. The molecule has 0 bridgehead atoms. The van der Waals surface area contributed by atoms with Gasteiger partial charge in [0.05, 0.1) is 29.4 Å². The lowest BCUT2D eigenvalue weighted by Crippen LogP contribution is -2.31. The van der Waals surface area contributed by atoms with Crippen LogP contribution in [0.5, 0.6) is 0 Å². The molecule has 3 aromatic rings. The number of aliphatic hydroxyl groups is 1. The summed E-state index contributed by atoms with van der Waals surface area (Å²) >= 11 is 0. The zero-order chi connectivity index (χ0) is 18.4. The molecule has 6 heteroatoms. The largest absolute Gasteiger partial charge is 0.387 e. The number of halogens is 1. The van der Waals surface area contributed by atoms with Gasteiger partial charge in [-0.3, -0.25) is 9.88 Å². The highest BCUT2D eigenvalue weighted by Crippen LogP contribution is 2.42. The molecule has 1 fully saturated rings. The summed E-state index contributed by atoms with van der Waals surface area (Å²) in [4.78, 5) is 11.2. The Labute approximate surface area is 157 Å². The van der Waals surface area contributed by atoms with Crippen molar-refractivity contribution >= 4 is 11.0 Å². The van der Waals surface area contributed by atoms with Crippen molar-refractivity contribution < 1.29 is 9.50 Å². The van der Waals surface area contributed by atoms with Gasteiger partial charge in [-0.15, -0.1) is 0 Å². The van der Waals surface area contributed by atoms with Gasteiger partial charge in [0.25, 0.3) is 0 Å². The van der Waals surface area contributed by atoms with E-state index in [1.54, 1.807) is 18.5 Å². The van der Waals surface area contributed by atoms with Crippen LogP contribution in [0, 0.1) is 0 Å². The number of nitrogens with zero attached hydrogens (tertiary/aromatic N) is 4. The van der Waals surface area contributed by atoms with E-state index in [-0.39, 0.29) is 0 Å². The Morgan fingerprint density at radius 1 is 1.19 bits per heavy atom. The normalized spacial score (nSPS) is 20.6. The fraction of sp³-hybridized carbons (Fsp3) is 0.429. The summed E-state index contributed by atoms with van der Waals surface area (Å²) < 4.78 is 15.5. The number of rotatable bonds is 4. The van der Waals surface area contributed by atoms with Crippen LogP contribution in [0.2, 0.25) is 0 Å². The summed E-state index contributed by atoms with van der Waals surface area (Å²) in [5.41, 5.74) is 5.76. The average Bonchev–Trinajstić information content (AvgIpc) is 3.31. The van der Waals surface area contributed by atoms with Gasteiger partial charge in [0.2, 0.25) is 0 Å². The van der Waals surface area contributed by atoms with E-state index in [2.05, 4.69) is 19.4 Å². The SMILES string of the molecule is OC(Cn1c2c(c3nc(CF)ccc31)C1CCCN1CC2)c1ccncc1. The quantitative estimate of drug-likeness (QED) is 0.770. The Bertz CT molecular complexity index is 971. The van der Waals surface area contributed by atoms with Gasteiger partial charge < -0.3 is 9.67 Å². The first kappa shape index (κ1) is 16.8. The number of pyridine rings is 2. The number of aromatic nitrogens is 3. The van der Waals surface area contributed by atoms with Gasteiger partial charge in [-0.1, -0.05) is 0 Å². The number of alkyl halides is 1. The van der Waals surface area contributed by atoms with Crippen LogP contribution in [-0.2, 0) is 19.6 Å². The van der Waals surface area contributed by atoms with Gasteiger partial charge in [-0.25, -0.2) is 9.37 Å². The van der Waals surface area contributed by atoms with Crippen molar-refractivity contribution in [2.24, 2.45) is 0 Å². The van der Waals surface area contributed by atoms with Crippen molar-refractivity contribution in [3.8, 4) is 0 Å². The molecule has 5 rings (SSSR count). The second kappa shape index (κ2) is 6.69. The average molecular weight is 366 g/mol. The zero-order valence-electron chi connectivity index (χ0n) is 15.2. The Hall–Kier alpha value is -2.31. The predicted molar refractivity (Wildman–Crippen MR) is 101 cm³/mol. The minimum Gasteiger partial charge on any atom is -0.387 e. The van der Waals surface area contributed by atoms with Gasteiger partial charge in [0.15, 0.2) is 0 Å². The molecule has 0 aromatic carbocycles. The standard InChI is InChI=1S/C21H23FN4O/c22-12-15-3-4-18-21(24-15)20-16-2-1-10-25(16)11-7-17(20)26(18)13-19(27)14-5-8-23-9-6-14/h3-6,8-9,16,19,27H,1-2,7,10-13H2. The third-order valence-corrected chi connectivity index (χ3v) is 6.03. The van der Waals surface area contributed by atoms with Crippen molar-refractivity contribution in [3.05, 3.63) is 59.2 Å².